The summed E-state index contributed by atoms with van der Waals surface area (Å²) >= 11 is 0. The van der Waals surface area contributed by atoms with E-state index in [2.05, 4.69) is 15.2 Å². The number of carbonyl (C=O) groups excluding carboxylic acids is 1. The fourth-order valence-corrected chi connectivity index (χ4v) is 3.65. The first-order chi connectivity index (χ1) is 13.3. The van der Waals surface area contributed by atoms with Crippen molar-refractivity contribution >= 4 is 22.5 Å². The van der Waals surface area contributed by atoms with E-state index in [4.69, 9.17) is 4.74 Å². The van der Waals surface area contributed by atoms with E-state index < -0.39 is 0 Å². The van der Waals surface area contributed by atoms with E-state index in [1.54, 1.807) is 6.20 Å². The van der Waals surface area contributed by atoms with Crippen molar-refractivity contribution in [2.75, 3.05) is 24.6 Å². The predicted molar refractivity (Wildman–Crippen MR) is 107 cm³/mol. The molecule has 1 fully saturated rings. The van der Waals surface area contributed by atoms with Crippen LogP contribution in [0.3, 0.4) is 0 Å². The molecule has 0 saturated carbocycles. The molecule has 1 atom stereocenters. The van der Waals surface area contributed by atoms with Gasteiger partial charge in [0, 0.05) is 25.3 Å². The third kappa shape index (κ3) is 3.58. The van der Waals surface area contributed by atoms with Gasteiger partial charge in [0.2, 0.25) is 0 Å². The van der Waals surface area contributed by atoms with Crippen LogP contribution in [-0.2, 0) is 0 Å². The van der Waals surface area contributed by atoms with Crippen molar-refractivity contribution < 1.29 is 9.53 Å². The molecule has 1 amide bonds. The summed E-state index contributed by atoms with van der Waals surface area (Å²) in [5.74, 6) is 1.51. The number of hydrogen-bond donors (Lipinski definition) is 1. The number of benzene rings is 2. The Kier molecular flexibility index (Phi) is 4.92. The fourth-order valence-electron chi connectivity index (χ4n) is 3.65. The van der Waals surface area contributed by atoms with Gasteiger partial charge in [-0.25, -0.2) is 4.98 Å². The number of pyridine rings is 1. The maximum Gasteiger partial charge on any atom is 0.255 e. The lowest BCUT2D eigenvalue weighted by Crippen LogP contribution is -2.37. The van der Waals surface area contributed by atoms with Crippen LogP contribution in [0, 0.1) is 0 Å². The highest BCUT2D eigenvalue weighted by molar-refractivity contribution is 6.09. The summed E-state index contributed by atoms with van der Waals surface area (Å²) in [7, 11) is 0. The maximum atomic E-state index is 13.1. The molecule has 138 valence electrons. The summed E-state index contributed by atoms with van der Waals surface area (Å²) in [6.45, 7) is 4.10. The summed E-state index contributed by atoms with van der Waals surface area (Å²) in [5, 5.41) is 5.15. The molecule has 0 aliphatic carbocycles. The third-order valence-corrected chi connectivity index (χ3v) is 4.91. The van der Waals surface area contributed by atoms with Gasteiger partial charge in [-0.1, -0.05) is 36.4 Å². The summed E-state index contributed by atoms with van der Waals surface area (Å²) < 4.78 is 5.74. The first-order valence-corrected chi connectivity index (χ1v) is 9.37. The van der Waals surface area contributed by atoms with Gasteiger partial charge in [-0.3, -0.25) is 4.79 Å². The number of carbonyl (C=O) groups is 1. The minimum absolute atomic E-state index is 0.0804. The molecule has 1 N–H and O–H groups in total. The van der Waals surface area contributed by atoms with Crippen LogP contribution in [0.4, 0.5) is 5.82 Å². The molecule has 2 heterocycles. The van der Waals surface area contributed by atoms with Crippen molar-refractivity contribution in [3.63, 3.8) is 0 Å². The standard InChI is InChI=1S/C22H23N3O2/c1-2-27-19-11-10-16-7-3-4-8-18(16)21(19)22(26)24-17-12-14-25(15-17)20-9-5-6-13-23-20/h3-11,13,17H,2,12,14-15H2,1H3,(H,24,26). The van der Waals surface area contributed by atoms with Gasteiger partial charge in [0.1, 0.15) is 11.6 Å². The topological polar surface area (TPSA) is 54.5 Å². The molecule has 0 bridgehead atoms. The number of ether oxygens (including phenoxy) is 1. The van der Waals surface area contributed by atoms with E-state index in [0.29, 0.717) is 17.9 Å². The van der Waals surface area contributed by atoms with Crippen molar-refractivity contribution in [3.05, 3.63) is 66.4 Å². The number of rotatable bonds is 5. The molecule has 1 saturated heterocycles. The van der Waals surface area contributed by atoms with E-state index in [0.717, 1.165) is 36.1 Å². The molecule has 0 spiro atoms. The second-order valence-electron chi connectivity index (χ2n) is 6.69. The van der Waals surface area contributed by atoms with Gasteiger partial charge in [-0.15, -0.1) is 0 Å². The Hall–Kier alpha value is -3.08. The van der Waals surface area contributed by atoms with Crippen LogP contribution in [0.1, 0.15) is 23.7 Å². The normalized spacial score (nSPS) is 16.5. The van der Waals surface area contributed by atoms with Gasteiger partial charge < -0.3 is 15.0 Å². The van der Waals surface area contributed by atoms with Gasteiger partial charge >= 0.3 is 0 Å². The number of anilines is 1. The van der Waals surface area contributed by atoms with Crippen LogP contribution in [-0.4, -0.2) is 36.6 Å². The number of nitrogens with zero attached hydrogens (tertiary/aromatic N) is 2. The summed E-state index contributed by atoms with van der Waals surface area (Å²) in [5.41, 5.74) is 0.617. The van der Waals surface area contributed by atoms with E-state index >= 15 is 0 Å². The highest BCUT2D eigenvalue weighted by atomic mass is 16.5. The van der Waals surface area contributed by atoms with Gasteiger partial charge in [0.25, 0.3) is 5.91 Å². The van der Waals surface area contributed by atoms with Crippen LogP contribution in [0.25, 0.3) is 10.8 Å². The molecule has 1 aliphatic heterocycles. The molecule has 3 aromatic rings. The average molecular weight is 361 g/mol. The number of amides is 1. The third-order valence-electron chi connectivity index (χ3n) is 4.91. The summed E-state index contributed by atoms with van der Waals surface area (Å²) in [6.07, 6.45) is 2.70. The van der Waals surface area contributed by atoms with Crippen LogP contribution in [0.2, 0.25) is 0 Å². The van der Waals surface area contributed by atoms with Crippen LogP contribution in [0.15, 0.2) is 60.8 Å². The highest BCUT2D eigenvalue weighted by Gasteiger charge is 2.26. The second-order valence-corrected chi connectivity index (χ2v) is 6.69. The molecular weight excluding hydrogens is 338 g/mol. The number of hydrogen-bond acceptors (Lipinski definition) is 4. The Bertz CT molecular complexity index is 943. The largest absolute Gasteiger partial charge is 0.493 e. The zero-order valence-corrected chi connectivity index (χ0v) is 15.4. The zero-order chi connectivity index (χ0) is 18.6. The Morgan fingerprint density at radius 3 is 2.85 bits per heavy atom. The Morgan fingerprint density at radius 2 is 2.04 bits per heavy atom. The van der Waals surface area contributed by atoms with E-state index in [9.17, 15) is 4.79 Å². The minimum atomic E-state index is -0.0804. The summed E-state index contributed by atoms with van der Waals surface area (Å²) in [6, 6.07) is 17.8. The van der Waals surface area contributed by atoms with Crippen molar-refractivity contribution in [2.24, 2.45) is 0 Å². The first kappa shape index (κ1) is 17.3. The smallest absolute Gasteiger partial charge is 0.255 e. The van der Waals surface area contributed by atoms with Gasteiger partial charge in [-0.05, 0) is 42.3 Å². The van der Waals surface area contributed by atoms with Crippen molar-refractivity contribution in [1.29, 1.82) is 0 Å². The average Bonchev–Trinajstić information content (AvgIpc) is 3.17. The van der Waals surface area contributed by atoms with Gasteiger partial charge in [-0.2, -0.15) is 0 Å². The molecule has 0 radical (unpaired) electrons. The van der Waals surface area contributed by atoms with Crippen molar-refractivity contribution in [1.82, 2.24) is 10.3 Å². The molecule has 2 aromatic carbocycles. The minimum Gasteiger partial charge on any atom is -0.493 e. The lowest BCUT2D eigenvalue weighted by molar-refractivity contribution is 0.0938. The van der Waals surface area contributed by atoms with Crippen LogP contribution < -0.4 is 15.0 Å². The Morgan fingerprint density at radius 1 is 1.19 bits per heavy atom. The molecule has 1 aromatic heterocycles. The molecule has 1 aliphatic rings. The number of nitrogens with one attached hydrogen (secondary N) is 1. The van der Waals surface area contributed by atoms with E-state index in [1.807, 2.05) is 61.5 Å². The van der Waals surface area contributed by atoms with Crippen molar-refractivity contribution in [2.45, 2.75) is 19.4 Å². The lowest BCUT2D eigenvalue weighted by Gasteiger charge is -2.19. The quantitative estimate of drug-likeness (QED) is 0.754. The predicted octanol–water partition coefficient (Wildman–Crippen LogP) is 3.64. The Balaban J connectivity index is 1.56. The molecule has 5 heteroatoms. The van der Waals surface area contributed by atoms with E-state index in [1.165, 1.54) is 0 Å². The van der Waals surface area contributed by atoms with Crippen LogP contribution >= 0.6 is 0 Å². The monoisotopic (exact) mass is 361 g/mol. The van der Waals surface area contributed by atoms with Gasteiger partial charge in [0.05, 0.1) is 12.2 Å². The SMILES string of the molecule is CCOc1ccc2ccccc2c1C(=O)NC1CCN(c2ccccn2)C1. The van der Waals surface area contributed by atoms with Gasteiger partial charge in [0.15, 0.2) is 0 Å². The Labute approximate surface area is 159 Å². The number of fused-ring (bicyclic) bond motifs is 1. The molecule has 1 unspecified atom stereocenters. The van der Waals surface area contributed by atoms with Crippen LogP contribution in [0.5, 0.6) is 5.75 Å². The molecular formula is C22H23N3O2. The fraction of sp³-hybridized carbons (Fsp3) is 0.273. The first-order valence-electron chi connectivity index (χ1n) is 9.37. The molecule has 4 rings (SSSR count). The zero-order valence-electron chi connectivity index (χ0n) is 15.4. The molecule has 27 heavy (non-hydrogen) atoms. The second kappa shape index (κ2) is 7.66. The number of aromatic nitrogens is 1. The highest BCUT2D eigenvalue weighted by Crippen LogP contribution is 2.28. The maximum absolute atomic E-state index is 13.1. The molecule has 5 nitrogen and oxygen atoms in total. The van der Waals surface area contributed by atoms with Crippen molar-refractivity contribution in [3.8, 4) is 5.75 Å². The van der Waals surface area contributed by atoms with E-state index in [-0.39, 0.29) is 11.9 Å². The summed E-state index contributed by atoms with van der Waals surface area (Å²) in [4.78, 5) is 19.7. The lowest BCUT2D eigenvalue weighted by atomic mass is 10.0.